The van der Waals surface area contributed by atoms with E-state index in [1.807, 2.05) is 31.2 Å². The summed E-state index contributed by atoms with van der Waals surface area (Å²) in [6.45, 7) is 2.32. The van der Waals surface area contributed by atoms with Crippen molar-refractivity contribution in [3.05, 3.63) is 48.0 Å². The Morgan fingerprint density at radius 1 is 1.10 bits per heavy atom. The fraction of sp³-hybridized carbons (Fsp3) is 0.517. The molecule has 40 heavy (non-hydrogen) atoms. The van der Waals surface area contributed by atoms with Crippen LogP contribution in [0, 0.1) is 0 Å². The van der Waals surface area contributed by atoms with E-state index < -0.39 is 16.1 Å². The summed E-state index contributed by atoms with van der Waals surface area (Å²) in [6, 6.07) is 11.9. The summed E-state index contributed by atoms with van der Waals surface area (Å²) < 4.78 is 42.6. The predicted octanol–water partition coefficient (Wildman–Crippen LogP) is 3.84. The minimum absolute atomic E-state index is 0.0771. The van der Waals surface area contributed by atoms with Gasteiger partial charge in [-0.15, -0.1) is 0 Å². The van der Waals surface area contributed by atoms with Crippen LogP contribution in [0.5, 0.6) is 17.2 Å². The number of carbonyl (C=O) groups excluding carboxylic acids is 2. The number of carbonyl (C=O) groups is 2. The zero-order chi connectivity index (χ0) is 28.7. The van der Waals surface area contributed by atoms with Crippen molar-refractivity contribution in [2.75, 3.05) is 31.0 Å². The third-order valence-electron chi connectivity index (χ3n) is 7.37. The lowest BCUT2D eigenvalue weighted by Crippen LogP contribution is -2.51. The topological polar surface area (TPSA) is 114 Å². The summed E-state index contributed by atoms with van der Waals surface area (Å²) in [5.74, 6) is 1.34. The van der Waals surface area contributed by atoms with Gasteiger partial charge in [0.05, 0.1) is 19.1 Å². The lowest BCUT2D eigenvalue weighted by Gasteiger charge is -2.32. The highest BCUT2D eigenvalue weighted by atomic mass is 32.2. The number of hydrogen-bond acceptors (Lipinski definition) is 7. The van der Waals surface area contributed by atoms with Gasteiger partial charge in [0, 0.05) is 31.6 Å². The molecule has 4 rings (SSSR count). The Morgan fingerprint density at radius 3 is 2.55 bits per heavy atom. The van der Waals surface area contributed by atoms with Crippen molar-refractivity contribution < 1.29 is 32.2 Å². The molecule has 1 heterocycles. The summed E-state index contributed by atoms with van der Waals surface area (Å²) >= 11 is 0. The van der Waals surface area contributed by atoms with Crippen molar-refractivity contribution in [1.29, 1.82) is 0 Å². The Balaban J connectivity index is 1.49. The molecule has 0 saturated heterocycles. The molecular weight excluding hydrogens is 534 g/mol. The number of nitrogens with one attached hydrogen (secondary N) is 1. The van der Waals surface area contributed by atoms with Crippen LogP contribution in [0.3, 0.4) is 0 Å². The number of rotatable bonds is 13. The molecule has 10 nitrogen and oxygen atoms in total. The van der Waals surface area contributed by atoms with Crippen LogP contribution in [0.4, 0.5) is 5.69 Å². The maximum absolute atomic E-state index is 13.7. The van der Waals surface area contributed by atoms with Gasteiger partial charge in [-0.2, -0.15) is 0 Å². The van der Waals surface area contributed by atoms with E-state index in [0.717, 1.165) is 37.5 Å². The van der Waals surface area contributed by atoms with Crippen molar-refractivity contribution in [2.24, 2.45) is 0 Å². The molecule has 1 fully saturated rings. The molecule has 2 aliphatic rings. The Morgan fingerprint density at radius 2 is 1.85 bits per heavy atom. The van der Waals surface area contributed by atoms with Gasteiger partial charge in [0.15, 0.2) is 11.5 Å². The van der Waals surface area contributed by atoms with Gasteiger partial charge in [-0.05, 0) is 55.5 Å². The number of sulfonamides is 1. The molecule has 1 aliphatic heterocycles. The second-order valence-electron chi connectivity index (χ2n) is 10.3. The fourth-order valence-electron chi connectivity index (χ4n) is 5.30. The maximum atomic E-state index is 13.7. The number of methoxy groups -OCH3 is 1. The van der Waals surface area contributed by atoms with Crippen LogP contribution >= 0.6 is 0 Å². The van der Waals surface area contributed by atoms with Gasteiger partial charge in [-0.3, -0.25) is 13.9 Å². The van der Waals surface area contributed by atoms with Crippen LogP contribution in [0.2, 0.25) is 0 Å². The van der Waals surface area contributed by atoms with Crippen LogP contribution in [0.15, 0.2) is 42.5 Å². The van der Waals surface area contributed by atoms with Gasteiger partial charge in [0.1, 0.15) is 11.8 Å². The van der Waals surface area contributed by atoms with E-state index in [4.69, 9.17) is 14.2 Å². The van der Waals surface area contributed by atoms with Gasteiger partial charge >= 0.3 is 0 Å². The highest BCUT2D eigenvalue weighted by Gasteiger charge is 2.31. The first kappa shape index (κ1) is 29.5. The van der Waals surface area contributed by atoms with Gasteiger partial charge < -0.3 is 24.4 Å². The Kier molecular flexibility index (Phi) is 9.78. The molecule has 1 atom stereocenters. The van der Waals surface area contributed by atoms with E-state index in [9.17, 15) is 18.0 Å². The van der Waals surface area contributed by atoms with E-state index >= 15 is 0 Å². The van der Waals surface area contributed by atoms with E-state index in [2.05, 4.69) is 5.32 Å². The molecule has 0 bridgehead atoms. The van der Waals surface area contributed by atoms with Gasteiger partial charge in [-0.25, -0.2) is 8.42 Å². The number of fused-ring (bicyclic) bond motifs is 1. The Labute approximate surface area is 236 Å². The van der Waals surface area contributed by atoms with Crippen LogP contribution in [0.25, 0.3) is 0 Å². The SMILES string of the molecule is CC[C@@H](C(=O)NC1CCCC1)N(Cc1cccc(OC)c1)C(=O)CCCN(c1ccc2c(c1)OCO2)S(C)(=O)=O. The Bertz CT molecular complexity index is 1290. The first-order valence-electron chi connectivity index (χ1n) is 13.8. The third kappa shape index (κ3) is 7.38. The molecular formula is C29H39N3O7S. The van der Waals surface area contributed by atoms with Crippen LogP contribution in [-0.2, 0) is 26.2 Å². The molecule has 1 N–H and O–H groups in total. The van der Waals surface area contributed by atoms with Crippen LogP contribution in [-0.4, -0.2) is 63.9 Å². The number of ether oxygens (including phenoxy) is 3. The van der Waals surface area contributed by atoms with Crippen molar-refractivity contribution >= 4 is 27.5 Å². The first-order valence-corrected chi connectivity index (χ1v) is 15.6. The van der Waals surface area contributed by atoms with Crippen molar-refractivity contribution in [2.45, 2.75) is 70.5 Å². The predicted molar refractivity (Wildman–Crippen MR) is 152 cm³/mol. The molecule has 218 valence electrons. The largest absolute Gasteiger partial charge is 0.497 e. The molecule has 0 unspecified atom stereocenters. The van der Waals surface area contributed by atoms with E-state index in [0.29, 0.717) is 29.4 Å². The minimum Gasteiger partial charge on any atom is -0.497 e. The minimum atomic E-state index is -3.62. The molecule has 2 amide bonds. The van der Waals surface area contributed by atoms with E-state index in [1.165, 1.54) is 4.31 Å². The summed E-state index contributed by atoms with van der Waals surface area (Å²) in [5, 5.41) is 3.14. The maximum Gasteiger partial charge on any atom is 0.243 e. The first-order chi connectivity index (χ1) is 19.2. The van der Waals surface area contributed by atoms with Gasteiger partial charge in [-0.1, -0.05) is 31.9 Å². The van der Waals surface area contributed by atoms with Crippen LogP contribution in [0.1, 0.15) is 57.4 Å². The van der Waals surface area contributed by atoms with Crippen molar-refractivity contribution in [3.63, 3.8) is 0 Å². The van der Waals surface area contributed by atoms with E-state index in [-0.39, 0.29) is 50.6 Å². The molecule has 0 spiro atoms. The lowest BCUT2D eigenvalue weighted by molar-refractivity contribution is -0.141. The second kappa shape index (κ2) is 13.3. The molecule has 1 aliphatic carbocycles. The number of amides is 2. The second-order valence-corrected chi connectivity index (χ2v) is 12.2. The molecule has 2 aromatic rings. The number of anilines is 1. The molecule has 11 heteroatoms. The lowest BCUT2D eigenvalue weighted by atomic mass is 10.1. The molecule has 2 aromatic carbocycles. The molecule has 1 saturated carbocycles. The summed E-state index contributed by atoms with van der Waals surface area (Å²) in [6.07, 6.45) is 6.03. The average molecular weight is 574 g/mol. The third-order valence-corrected chi connectivity index (χ3v) is 8.56. The van der Waals surface area contributed by atoms with Gasteiger partial charge in [0.25, 0.3) is 0 Å². The average Bonchev–Trinajstić information content (AvgIpc) is 3.62. The Hall–Kier alpha value is -3.47. The highest BCUT2D eigenvalue weighted by molar-refractivity contribution is 7.92. The zero-order valence-electron chi connectivity index (χ0n) is 23.4. The normalized spacial score (nSPS) is 15.5. The quantitative estimate of drug-likeness (QED) is 0.387. The fourth-order valence-corrected chi connectivity index (χ4v) is 6.26. The molecule has 0 aromatic heterocycles. The summed E-state index contributed by atoms with van der Waals surface area (Å²) in [4.78, 5) is 28.6. The number of benzene rings is 2. The molecule has 0 radical (unpaired) electrons. The number of nitrogens with zero attached hydrogens (tertiary/aromatic N) is 2. The van der Waals surface area contributed by atoms with Crippen LogP contribution < -0.4 is 23.8 Å². The zero-order valence-corrected chi connectivity index (χ0v) is 24.2. The standard InChI is InChI=1S/C29H39N3O7S/c1-4-25(29(34)30-22-10-5-6-11-22)31(19-21-9-7-12-24(17-21)37-2)28(33)13-8-16-32(40(3,35)36)23-14-15-26-27(18-23)39-20-38-26/h7,9,12,14-15,17-18,22,25H,4-6,8,10-11,13,16,19-20H2,1-3H3,(H,30,34)/t25-/m0/s1. The summed E-state index contributed by atoms with van der Waals surface area (Å²) in [7, 11) is -2.04. The summed E-state index contributed by atoms with van der Waals surface area (Å²) in [5.41, 5.74) is 1.28. The monoisotopic (exact) mass is 573 g/mol. The number of hydrogen-bond donors (Lipinski definition) is 1. The van der Waals surface area contributed by atoms with Crippen molar-refractivity contribution in [1.82, 2.24) is 10.2 Å². The van der Waals surface area contributed by atoms with Crippen molar-refractivity contribution in [3.8, 4) is 17.2 Å². The smallest absolute Gasteiger partial charge is 0.243 e. The highest BCUT2D eigenvalue weighted by Crippen LogP contribution is 2.36. The van der Waals surface area contributed by atoms with E-state index in [1.54, 1.807) is 30.2 Å². The van der Waals surface area contributed by atoms with Gasteiger partial charge in [0.2, 0.25) is 28.6 Å².